The number of para-hydroxylation sites is 1. The van der Waals surface area contributed by atoms with Gasteiger partial charge in [0, 0.05) is 12.1 Å². The Morgan fingerprint density at radius 2 is 2.09 bits per heavy atom. The van der Waals surface area contributed by atoms with E-state index < -0.39 is 17.1 Å². The Morgan fingerprint density at radius 1 is 1.26 bits per heavy atom. The average Bonchev–Trinajstić information content (AvgIpc) is 2.77. The Kier molecular flexibility index (Phi) is 4.45. The van der Waals surface area contributed by atoms with E-state index in [0.717, 1.165) is 24.9 Å². The number of aromatic amines is 1. The summed E-state index contributed by atoms with van der Waals surface area (Å²) in [6.45, 7) is 1.75. The minimum atomic E-state index is -0.914. The van der Waals surface area contributed by atoms with E-state index in [0.29, 0.717) is 18.4 Å². The molecule has 6 nitrogen and oxygen atoms in total. The third-order valence-electron chi connectivity index (χ3n) is 4.34. The molecule has 1 amide bonds. The number of nitrogens with one attached hydrogen (secondary N) is 3. The highest BCUT2D eigenvalue weighted by Crippen LogP contribution is 2.18. The number of carbonyl (C=O) groups excluding carboxylic acids is 1. The molecule has 4 N–H and O–H groups in total. The van der Waals surface area contributed by atoms with Crippen molar-refractivity contribution in [3.8, 4) is 0 Å². The van der Waals surface area contributed by atoms with Gasteiger partial charge in [-0.1, -0.05) is 18.2 Å². The third kappa shape index (κ3) is 3.60. The number of pyridine rings is 1. The summed E-state index contributed by atoms with van der Waals surface area (Å²) in [6, 6.07) is 8.89. The number of fused-ring (bicyclic) bond motifs is 1. The lowest BCUT2D eigenvalue weighted by atomic mass is 9.95. The number of aromatic nitrogens is 1. The normalized spacial score (nSPS) is 21.8. The molecule has 0 spiro atoms. The molecule has 2 aromatic rings. The van der Waals surface area contributed by atoms with Gasteiger partial charge in [-0.15, -0.1) is 0 Å². The first-order valence-corrected chi connectivity index (χ1v) is 7.91. The van der Waals surface area contributed by atoms with Crippen LogP contribution in [0.25, 0.3) is 10.9 Å². The van der Waals surface area contributed by atoms with Crippen molar-refractivity contribution in [1.82, 2.24) is 15.6 Å². The van der Waals surface area contributed by atoms with Crippen molar-refractivity contribution in [3.05, 3.63) is 46.2 Å². The number of benzene rings is 1. The first-order chi connectivity index (χ1) is 11.1. The maximum atomic E-state index is 12.3. The molecule has 1 atom stereocenters. The van der Waals surface area contributed by atoms with Crippen molar-refractivity contribution in [2.75, 3.05) is 19.6 Å². The molecule has 23 heavy (non-hydrogen) atoms. The summed E-state index contributed by atoms with van der Waals surface area (Å²) in [6.07, 6.45) is 2.08. The number of rotatable bonds is 3. The maximum Gasteiger partial charge on any atom is 0.261 e. The fraction of sp³-hybridized carbons (Fsp3) is 0.412. The molecule has 2 heterocycles. The molecule has 1 aromatic heterocycles. The molecule has 1 saturated heterocycles. The van der Waals surface area contributed by atoms with Crippen LogP contribution in [0.4, 0.5) is 0 Å². The van der Waals surface area contributed by atoms with E-state index in [4.69, 9.17) is 0 Å². The highest BCUT2D eigenvalue weighted by molar-refractivity contribution is 5.97. The van der Waals surface area contributed by atoms with Gasteiger partial charge in [-0.25, -0.2) is 0 Å². The lowest BCUT2D eigenvalue weighted by Crippen LogP contribution is -2.44. The molecule has 1 aromatic carbocycles. The van der Waals surface area contributed by atoms with E-state index >= 15 is 0 Å². The summed E-state index contributed by atoms with van der Waals surface area (Å²) >= 11 is 0. The fourth-order valence-corrected chi connectivity index (χ4v) is 2.95. The molecule has 6 heteroatoms. The van der Waals surface area contributed by atoms with Crippen LogP contribution in [0.5, 0.6) is 0 Å². The van der Waals surface area contributed by atoms with Gasteiger partial charge < -0.3 is 20.7 Å². The zero-order chi connectivity index (χ0) is 16.3. The van der Waals surface area contributed by atoms with Crippen LogP contribution in [0.3, 0.4) is 0 Å². The second-order valence-electron chi connectivity index (χ2n) is 6.11. The number of H-pyrrole nitrogens is 1. The molecule has 0 bridgehead atoms. The van der Waals surface area contributed by atoms with Crippen molar-refractivity contribution in [2.45, 2.75) is 24.9 Å². The van der Waals surface area contributed by atoms with Gasteiger partial charge >= 0.3 is 0 Å². The SMILES string of the molecule is O=C(NCC1(O)CCCNCC1)c1cc2ccccc2[nH]c1=O. The van der Waals surface area contributed by atoms with Crippen LogP contribution >= 0.6 is 0 Å². The van der Waals surface area contributed by atoms with Gasteiger partial charge in [-0.3, -0.25) is 9.59 Å². The van der Waals surface area contributed by atoms with Gasteiger partial charge in [0.2, 0.25) is 0 Å². The number of aliphatic hydroxyl groups is 1. The quantitative estimate of drug-likeness (QED) is 0.673. The van der Waals surface area contributed by atoms with E-state index in [1.165, 1.54) is 0 Å². The Labute approximate surface area is 133 Å². The summed E-state index contributed by atoms with van der Waals surface area (Å²) in [5, 5.41) is 17.3. The molecule has 0 radical (unpaired) electrons. The van der Waals surface area contributed by atoms with Crippen LogP contribution in [0.2, 0.25) is 0 Å². The largest absolute Gasteiger partial charge is 0.388 e. The van der Waals surface area contributed by atoms with Crippen LogP contribution in [0.1, 0.15) is 29.6 Å². The highest BCUT2D eigenvalue weighted by Gasteiger charge is 2.28. The van der Waals surface area contributed by atoms with Crippen molar-refractivity contribution in [2.24, 2.45) is 0 Å². The number of hydrogen-bond acceptors (Lipinski definition) is 4. The second kappa shape index (κ2) is 6.52. The molecular formula is C17H21N3O3. The van der Waals surface area contributed by atoms with Crippen molar-refractivity contribution >= 4 is 16.8 Å². The lowest BCUT2D eigenvalue weighted by Gasteiger charge is -2.26. The van der Waals surface area contributed by atoms with E-state index in [2.05, 4.69) is 15.6 Å². The predicted octanol–water partition coefficient (Wildman–Crippen LogP) is 0.762. The van der Waals surface area contributed by atoms with E-state index in [9.17, 15) is 14.7 Å². The first-order valence-electron chi connectivity index (χ1n) is 7.91. The first kappa shape index (κ1) is 15.7. The van der Waals surface area contributed by atoms with Crippen LogP contribution in [-0.2, 0) is 0 Å². The van der Waals surface area contributed by atoms with Gasteiger partial charge in [0.15, 0.2) is 0 Å². The Morgan fingerprint density at radius 3 is 2.96 bits per heavy atom. The zero-order valence-corrected chi connectivity index (χ0v) is 12.9. The Hall–Kier alpha value is -2.18. The van der Waals surface area contributed by atoms with Gasteiger partial charge in [0.25, 0.3) is 11.5 Å². The maximum absolute atomic E-state index is 12.3. The summed E-state index contributed by atoms with van der Waals surface area (Å²) in [4.78, 5) is 27.1. The predicted molar refractivity (Wildman–Crippen MR) is 88.6 cm³/mol. The summed E-state index contributed by atoms with van der Waals surface area (Å²) in [5.74, 6) is -0.456. The molecular weight excluding hydrogens is 294 g/mol. The standard InChI is InChI=1S/C17H21N3O3/c21-15(19-11-17(23)6-3-8-18-9-7-17)13-10-12-4-1-2-5-14(12)20-16(13)22/h1-2,4-5,10,18,23H,3,6-9,11H2,(H,19,21)(H,20,22). The summed E-state index contributed by atoms with van der Waals surface area (Å²) in [5.41, 5.74) is -0.569. The summed E-state index contributed by atoms with van der Waals surface area (Å²) in [7, 11) is 0. The molecule has 122 valence electrons. The lowest BCUT2D eigenvalue weighted by molar-refractivity contribution is 0.0275. The van der Waals surface area contributed by atoms with Crippen molar-refractivity contribution < 1.29 is 9.90 Å². The second-order valence-corrected chi connectivity index (χ2v) is 6.11. The topological polar surface area (TPSA) is 94.2 Å². The number of hydrogen-bond donors (Lipinski definition) is 4. The highest BCUT2D eigenvalue weighted by atomic mass is 16.3. The smallest absolute Gasteiger partial charge is 0.261 e. The van der Waals surface area contributed by atoms with Gasteiger partial charge in [-0.2, -0.15) is 0 Å². The molecule has 1 aliphatic rings. The van der Waals surface area contributed by atoms with E-state index in [1.54, 1.807) is 12.1 Å². The number of carbonyl (C=O) groups is 1. The zero-order valence-electron chi connectivity index (χ0n) is 12.9. The minimum Gasteiger partial charge on any atom is -0.388 e. The van der Waals surface area contributed by atoms with Crippen molar-refractivity contribution in [3.63, 3.8) is 0 Å². The molecule has 1 unspecified atom stereocenters. The monoisotopic (exact) mass is 315 g/mol. The van der Waals surface area contributed by atoms with Crippen LogP contribution in [0.15, 0.2) is 35.1 Å². The summed E-state index contributed by atoms with van der Waals surface area (Å²) < 4.78 is 0. The molecule has 3 rings (SSSR count). The van der Waals surface area contributed by atoms with E-state index in [-0.39, 0.29) is 12.1 Å². The third-order valence-corrected chi connectivity index (χ3v) is 4.34. The van der Waals surface area contributed by atoms with Crippen LogP contribution in [-0.4, -0.2) is 41.2 Å². The molecule has 1 fully saturated rings. The van der Waals surface area contributed by atoms with Crippen LogP contribution in [0, 0.1) is 0 Å². The molecule has 0 aliphatic carbocycles. The fourth-order valence-electron chi connectivity index (χ4n) is 2.95. The van der Waals surface area contributed by atoms with Crippen LogP contribution < -0.4 is 16.2 Å². The van der Waals surface area contributed by atoms with Gasteiger partial charge in [0.05, 0.1) is 5.60 Å². The van der Waals surface area contributed by atoms with E-state index in [1.807, 2.05) is 18.2 Å². The number of amides is 1. The minimum absolute atomic E-state index is 0.0686. The van der Waals surface area contributed by atoms with Gasteiger partial charge in [0.1, 0.15) is 5.56 Å². The Bertz CT molecular complexity index is 761. The van der Waals surface area contributed by atoms with Gasteiger partial charge in [-0.05, 0) is 49.9 Å². The molecule has 1 aliphatic heterocycles. The average molecular weight is 315 g/mol. The van der Waals surface area contributed by atoms with Crippen molar-refractivity contribution in [1.29, 1.82) is 0 Å². The molecule has 0 saturated carbocycles. The Balaban J connectivity index is 1.75.